The van der Waals surface area contributed by atoms with E-state index >= 15 is 0 Å². The highest BCUT2D eigenvalue weighted by atomic mass is 32.1. The molecule has 1 aromatic rings. The van der Waals surface area contributed by atoms with Crippen LogP contribution in [-0.4, -0.2) is 0 Å². The summed E-state index contributed by atoms with van der Waals surface area (Å²) in [6, 6.07) is 5.97. The molecule has 2 nitrogen and oxygen atoms in total. The molecule has 1 fully saturated rings. The number of nitrogens with zero attached hydrogens (tertiary/aromatic N) is 1. The van der Waals surface area contributed by atoms with Crippen LogP contribution in [0.5, 0.6) is 0 Å². The van der Waals surface area contributed by atoms with Crippen molar-refractivity contribution in [2.24, 2.45) is 5.73 Å². The van der Waals surface area contributed by atoms with Crippen molar-refractivity contribution in [1.29, 1.82) is 5.26 Å². The van der Waals surface area contributed by atoms with Gasteiger partial charge in [0.05, 0.1) is 5.54 Å². The Balaban J connectivity index is 2.29. The van der Waals surface area contributed by atoms with Crippen molar-refractivity contribution in [2.75, 3.05) is 0 Å². The summed E-state index contributed by atoms with van der Waals surface area (Å²) in [6.07, 6.45) is 3.35. The van der Waals surface area contributed by atoms with Gasteiger partial charge in [-0.05, 0) is 31.4 Å². The van der Waals surface area contributed by atoms with Gasteiger partial charge in [-0.25, -0.2) is 0 Å². The van der Waals surface area contributed by atoms with E-state index in [1.54, 1.807) is 0 Å². The largest absolute Gasteiger partial charge is 0.321 e. The molecule has 1 saturated carbocycles. The van der Waals surface area contributed by atoms with Gasteiger partial charge in [0.15, 0.2) is 0 Å². The standard InChI is InChI=1S/C9H10N2S/c10-6-7-2-3-8(12-7)9(11)4-1-5-9/h2-3H,1,4-5,11H2. The van der Waals surface area contributed by atoms with E-state index in [1.165, 1.54) is 22.6 Å². The Morgan fingerprint density at radius 2 is 2.25 bits per heavy atom. The molecular formula is C9H10N2S. The second-order valence-electron chi connectivity index (χ2n) is 3.29. The van der Waals surface area contributed by atoms with Gasteiger partial charge in [-0.3, -0.25) is 0 Å². The molecule has 12 heavy (non-hydrogen) atoms. The van der Waals surface area contributed by atoms with Gasteiger partial charge in [-0.2, -0.15) is 5.26 Å². The Morgan fingerprint density at radius 3 is 2.67 bits per heavy atom. The third kappa shape index (κ3) is 1.04. The van der Waals surface area contributed by atoms with Crippen molar-refractivity contribution in [2.45, 2.75) is 24.8 Å². The molecule has 0 aromatic carbocycles. The van der Waals surface area contributed by atoms with E-state index in [4.69, 9.17) is 11.0 Å². The molecule has 1 aliphatic rings. The van der Waals surface area contributed by atoms with Crippen LogP contribution in [0.25, 0.3) is 0 Å². The van der Waals surface area contributed by atoms with Crippen molar-refractivity contribution in [3.8, 4) is 6.07 Å². The molecule has 0 radical (unpaired) electrons. The topological polar surface area (TPSA) is 49.8 Å². The summed E-state index contributed by atoms with van der Waals surface area (Å²) in [4.78, 5) is 1.94. The summed E-state index contributed by atoms with van der Waals surface area (Å²) in [5, 5.41) is 8.63. The first-order chi connectivity index (χ1) is 5.74. The third-order valence-corrected chi connectivity index (χ3v) is 3.66. The zero-order valence-electron chi connectivity index (χ0n) is 6.71. The van der Waals surface area contributed by atoms with E-state index in [-0.39, 0.29) is 5.54 Å². The molecule has 0 saturated heterocycles. The maximum absolute atomic E-state index is 8.63. The van der Waals surface area contributed by atoms with Crippen molar-refractivity contribution in [1.82, 2.24) is 0 Å². The molecule has 1 heterocycles. The highest BCUT2D eigenvalue weighted by Gasteiger charge is 2.35. The van der Waals surface area contributed by atoms with Gasteiger partial charge in [-0.15, -0.1) is 11.3 Å². The van der Waals surface area contributed by atoms with Crippen LogP contribution in [0, 0.1) is 11.3 Å². The highest BCUT2D eigenvalue weighted by molar-refractivity contribution is 7.12. The molecule has 0 aliphatic heterocycles. The highest BCUT2D eigenvalue weighted by Crippen LogP contribution is 2.41. The summed E-state index contributed by atoms with van der Waals surface area (Å²) >= 11 is 1.53. The van der Waals surface area contributed by atoms with Crippen LogP contribution < -0.4 is 5.73 Å². The summed E-state index contributed by atoms with van der Waals surface area (Å²) in [5.41, 5.74) is 6.00. The minimum atomic E-state index is -0.0975. The first-order valence-corrected chi connectivity index (χ1v) is 4.85. The van der Waals surface area contributed by atoms with Crippen LogP contribution in [0.2, 0.25) is 0 Å². The minimum absolute atomic E-state index is 0.0975. The maximum Gasteiger partial charge on any atom is 0.110 e. The first-order valence-electron chi connectivity index (χ1n) is 4.04. The van der Waals surface area contributed by atoms with Crippen molar-refractivity contribution >= 4 is 11.3 Å². The predicted octanol–water partition coefficient (Wildman–Crippen LogP) is 1.96. The fraction of sp³-hybridized carbons (Fsp3) is 0.444. The Hall–Kier alpha value is -0.850. The molecule has 3 heteroatoms. The Bertz CT molecular complexity index is 331. The van der Waals surface area contributed by atoms with Gasteiger partial charge in [0, 0.05) is 4.88 Å². The number of rotatable bonds is 1. The van der Waals surface area contributed by atoms with E-state index in [1.807, 2.05) is 12.1 Å². The number of thiophene rings is 1. The molecule has 0 bridgehead atoms. The van der Waals surface area contributed by atoms with E-state index in [0.717, 1.165) is 17.7 Å². The van der Waals surface area contributed by atoms with E-state index < -0.39 is 0 Å². The van der Waals surface area contributed by atoms with Gasteiger partial charge in [0.2, 0.25) is 0 Å². The summed E-state index contributed by atoms with van der Waals surface area (Å²) in [6.45, 7) is 0. The molecule has 0 atom stereocenters. The number of hydrogen-bond acceptors (Lipinski definition) is 3. The summed E-state index contributed by atoms with van der Waals surface area (Å²) in [5.74, 6) is 0. The Labute approximate surface area is 75.6 Å². The summed E-state index contributed by atoms with van der Waals surface area (Å²) < 4.78 is 0. The summed E-state index contributed by atoms with van der Waals surface area (Å²) in [7, 11) is 0. The van der Waals surface area contributed by atoms with Gasteiger partial charge < -0.3 is 5.73 Å². The minimum Gasteiger partial charge on any atom is -0.321 e. The van der Waals surface area contributed by atoms with Gasteiger partial charge in [0.1, 0.15) is 10.9 Å². The Morgan fingerprint density at radius 1 is 1.50 bits per heavy atom. The fourth-order valence-electron chi connectivity index (χ4n) is 1.47. The van der Waals surface area contributed by atoms with Crippen LogP contribution >= 0.6 is 11.3 Å². The second kappa shape index (κ2) is 2.58. The number of nitrogens with two attached hydrogens (primary N) is 1. The SMILES string of the molecule is N#Cc1ccc(C2(N)CCC2)s1. The van der Waals surface area contributed by atoms with Crippen molar-refractivity contribution in [3.05, 3.63) is 21.9 Å². The number of nitriles is 1. The van der Waals surface area contributed by atoms with Crippen LogP contribution in [0.15, 0.2) is 12.1 Å². The van der Waals surface area contributed by atoms with Crippen LogP contribution in [0.4, 0.5) is 0 Å². The average Bonchev–Trinajstić information content (AvgIpc) is 2.48. The Kier molecular flexibility index (Phi) is 1.67. The maximum atomic E-state index is 8.63. The molecule has 62 valence electrons. The van der Waals surface area contributed by atoms with Gasteiger partial charge in [-0.1, -0.05) is 0 Å². The molecule has 1 aliphatic carbocycles. The zero-order chi connectivity index (χ0) is 8.60. The van der Waals surface area contributed by atoms with Crippen molar-refractivity contribution < 1.29 is 0 Å². The lowest BCUT2D eigenvalue weighted by atomic mass is 9.77. The first kappa shape index (κ1) is 7.78. The molecule has 1 aromatic heterocycles. The molecule has 2 rings (SSSR count). The van der Waals surface area contributed by atoms with Gasteiger partial charge >= 0.3 is 0 Å². The van der Waals surface area contributed by atoms with E-state index in [0.29, 0.717) is 0 Å². The van der Waals surface area contributed by atoms with E-state index in [2.05, 4.69) is 6.07 Å². The fourth-order valence-corrected chi connectivity index (χ4v) is 2.43. The quantitative estimate of drug-likeness (QED) is 0.714. The normalized spacial score (nSPS) is 19.7. The molecule has 0 spiro atoms. The second-order valence-corrected chi connectivity index (χ2v) is 4.37. The lowest BCUT2D eigenvalue weighted by Crippen LogP contribution is -2.42. The molecule has 2 N–H and O–H groups in total. The smallest absolute Gasteiger partial charge is 0.110 e. The third-order valence-electron chi connectivity index (χ3n) is 2.45. The van der Waals surface area contributed by atoms with E-state index in [9.17, 15) is 0 Å². The van der Waals surface area contributed by atoms with Crippen LogP contribution in [-0.2, 0) is 5.54 Å². The average molecular weight is 178 g/mol. The molecule has 0 amide bonds. The van der Waals surface area contributed by atoms with Crippen molar-refractivity contribution in [3.63, 3.8) is 0 Å². The lowest BCUT2D eigenvalue weighted by molar-refractivity contribution is 0.259. The molecular weight excluding hydrogens is 168 g/mol. The van der Waals surface area contributed by atoms with Crippen LogP contribution in [0.1, 0.15) is 29.0 Å². The monoisotopic (exact) mass is 178 g/mol. The lowest BCUT2D eigenvalue weighted by Gasteiger charge is -2.37. The predicted molar refractivity (Wildman–Crippen MR) is 48.8 cm³/mol. The number of hydrogen-bond donors (Lipinski definition) is 1. The zero-order valence-corrected chi connectivity index (χ0v) is 7.53. The van der Waals surface area contributed by atoms with Gasteiger partial charge in [0.25, 0.3) is 0 Å². The molecule has 0 unspecified atom stereocenters. The van der Waals surface area contributed by atoms with Crippen LogP contribution in [0.3, 0.4) is 0 Å².